The van der Waals surface area contributed by atoms with Gasteiger partial charge in [0.2, 0.25) is 0 Å². The zero-order valence-corrected chi connectivity index (χ0v) is 16.1. The molecule has 0 fully saturated rings. The van der Waals surface area contributed by atoms with Crippen LogP contribution in [-0.4, -0.2) is 19.5 Å². The van der Waals surface area contributed by atoms with Crippen molar-refractivity contribution in [2.24, 2.45) is 0 Å². The summed E-state index contributed by atoms with van der Waals surface area (Å²) in [6.45, 7) is 0. The van der Waals surface area contributed by atoms with Crippen molar-refractivity contribution < 1.29 is 19.4 Å². The first-order chi connectivity index (χ1) is 11.3. The van der Waals surface area contributed by atoms with Gasteiger partial charge in [0, 0.05) is 0 Å². The van der Waals surface area contributed by atoms with Crippen molar-refractivity contribution in [3.63, 3.8) is 0 Å². The second-order valence-electron chi connectivity index (χ2n) is 5.16. The molecule has 0 aliphatic heterocycles. The molecule has 2 aromatic carbocycles. The van der Waals surface area contributed by atoms with Crippen molar-refractivity contribution in [3.8, 4) is 21.4 Å². The van der Waals surface area contributed by atoms with Gasteiger partial charge in [0.15, 0.2) is 0 Å². The molecular weight excluding hydrogens is 471 g/mol. The fourth-order valence-corrected chi connectivity index (χ4v) is 4.75. The van der Waals surface area contributed by atoms with Crippen LogP contribution in [0.1, 0.15) is 0 Å². The zero-order valence-electron chi connectivity index (χ0n) is 12.0. The van der Waals surface area contributed by atoms with Crippen LogP contribution < -0.4 is 0 Å². The Hall–Kier alpha value is -1.05. The van der Waals surface area contributed by atoms with Crippen LogP contribution in [0.3, 0.4) is 0 Å². The summed E-state index contributed by atoms with van der Waals surface area (Å²) in [6.07, 6.45) is 0. The van der Waals surface area contributed by atoms with Gasteiger partial charge in [0.1, 0.15) is 0 Å². The Labute approximate surface area is 155 Å². The van der Waals surface area contributed by atoms with E-state index in [2.05, 4.69) is 4.98 Å². The van der Waals surface area contributed by atoms with Gasteiger partial charge in [-0.3, -0.25) is 0 Å². The van der Waals surface area contributed by atoms with Crippen LogP contribution in [0.5, 0.6) is 0 Å². The Morgan fingerprint density at radius 3 is 1.96 bits per heavy atom. The van der Waals surface area contributed by atoms with Crippen LogP contribution in [0.15, 0.2) is 52.3 Å². The summed E-state index contributed by atoms with van der Waals surface area (Å²) in [6, 6.07) is 7.79. The molecule has 1 heterocycles. The van der Waals surface area contributed by atoms with Crippen molar-refractivity contribution >= 4 is 47.9 Å². The van der Waals surface area contributed by atoms with Gasteiger partial charge in [-0.1, -0.05) is 0 Å². The van der Waals surface area contributed by atoms with Crippen LogP contribution in [0.2, 0.25) is 10.0 Å². The van der Waals surface area contributed by atoms with Gasteiger partial charge in [-0.05, 0) is 0 Å². The Balaban J connectivity index is 1.94. The molecule has 3 aromatic rings. The number of hydrogen-bond acceptors (Lipinski definition) is 1. The SMILES string of the molecule is FS(F)(F)(F)(F)c1ccc(-c2nc(-c3ccc(Cl)c(Cl)c3)c[se]2)cc1. The number of nitrogens with zero attached hydrogens (tertiary/aromatic N) is 1. The second kappa shape index (κ2) is 5.47. The van der Waals surface area contributed by atoms with Crippen LogP contribution in [0.4, 0.5) is 19.4 Å². The maximum atomic E-state index is 12.8. The van der Waals surface area contributed by atoms with Gasteiger partial charge in [0.25, 0.3) is 0 Å². The number of halogens is 7. The maximum absolute atomic E-state index is 12.8. The molecule has 0 aliphatic rings. The standard InChI is InChI=1S/C15H8Cl2F5NSSe/c16-12-6-3-10(7-13(12)17)14-8-25-15(23-14)9-1-4-11(5-2-9)24(18,19,20,21)22/h1-8H. The molecule has 0 spiro atoms. The first-order valence-electron chi connectivity index (χ1n) is 6.59. The molecule has 0 saturated carbocycles. The summed E-state index contributed by atoms with van der Waals surface area (Å²) in [5.41, 5.74) is 1.71. The molecule has 134 valence electrons. The normalized spacial score (nSPS) is 14.8. The van der Waals surface area contributed by atoms with Crippen molar-refractivity contribution in [2.75, 3.05) is 0 Å². The van der Waals surface area contributed by atoms with E-state index < -0.39 is 15.1 Å². The average molecular weight is 479 g/mol. The molecule has 0 unspecified atom stereocenters. The molecule has 0 N–H and O–H groups in total. The van der Waals surface area contributed by atoms with E-state index in [-0.39, 0.29) is 14.5 Å². The van der Waals surface area contributed by atoms with Crippen LogP contribution in [-0.2, 0) is 0 Å². The molecule has 0 saturated heterocycles. The number of hydrogen-bond donors (Lipinski definition) is 0. The predicted octanol–water partition coefficient (Wildman–Crippen LogP) is 7.44. The van der Waals surface area contributed by atoms with E-state index in [1.54, 1.807) is 18.2 Å². The summed E-state index contributed by atoms with van der Waals surface area (Å²) in [5.74, 6) is 0. The summed E-state index contributed by atoms with van der Waals surface area (Å²) >= 11 is 11.6. The third-order valence-electron chi connectivity index (χ3n) is 3.27. The first-order valence-corrected chi connectivity index (χ1v) is 11.1. The second-order valence-corrected chi connectivity index (χ2v) is 10.2. The average Bonchev–Trinajstić information content (AvgIpc) is 2.98. The molecule has 25 heavy (non-hydrogen) atoms. The third-order valence-corrected chi connectivity index (χ3v) is 7.04. The van der Waals surface area contributed by atoms with E-state index >= 15 is 0 Å². The van der Waals surface area contributed by atoms with Crippen molar-refractivity contribution in [3.05, 3.63) is 57.5 Å². The molecule has 0 atom stereocenters. The number of benzene rings is 2. The molecule has 1 nitrogen and oxygen atoms in total. The van der Waals surface area contributed by atoms with Crippen LogP contribution in [0, 0.1) is 0 Å². The van der Waals surface area contributed by atoms with Crippen molar-refractivity contribution in [1.29, 1.82) is 0 Å². The van der Waals surface area contributed by atoms with E-state index in [0.717, 1.165) is 17.7 Å². The molecule has 0 amide bonds. The monoisotopic (exact) mass is 479 g/mol. The summed E-state index contributed by atoms with van der Waals surface area (Å²) in [4.78, 5) is 4.29. The van der Waals surface area contributed by atoms with Crippen molar-refractivity contribution in [2.45, 2.75) is 4.90 Å². The minimum atomic E-state index is -9.66. The molecule has 0 radical (unpaired) electrons. The fraction of sp³-hybridized carbons (Fsp3) is 0. The molecular formula is C15H8Cl2F5NSSe. The summed E-state index contributed by atoms with van der Waals surface area (Å²) in [5, 5.41) is 0.752. The Kier molecular flexibility index (Phi) is 4.10. The molecule has 3 rings (SSSR count). The number of rotatable bonds is 3. The minimum absolute atomic E-state index is 0.238. The number of aromatic nitrogens is 1. The van der Waals surface area contributed by atoms with Crippen LogP contribution in [0.25, 0.3) is 21.4 Å². The predicted molar refractivity (Wildman–Crippen MR) is 93.5 cm³/mol. The first kappa shape index (κ1) is 18.7. The van der Waals surface area contributed by atoms with Crippen molar-refractivity contribution in [1.82, 2.24) is 4.98 Å². The Morgan fingerprint density at radius 2 is 1.40 bits per heavy atom. The summed E-state index contributed by atoms with van der Waals surface area (Å²) in [7, 11) is -9.66. The topological polar surface area (TPSA) is 12.9 Å². The molecule has 10 heteroatoms. The van der Waals surface area contributed by atoms with Gasteiger partial charge in [-0.25, -0.2) is 0 Å². The van der Waals surface area contributed by atoms with Crippen LogP contribution >= 0.6 is 33.4 Å². The van der Waals surface area contributed by atoms with E-state index in [9.17, 15) is 19.4 Å². The molecule has 1 aromatic heterocycles. The van der Waals surface area contributed by atoms with E-state index in [1.807, 2.05) is 4.94 Å². The third kappa shape index (κ3) is 4.20. The van der Waals surface area contributed by atoms with Gasteiger partial charge in [0.05, 0.1) is 0 Å². The van der Waals surface area contributed by atoms with Gasteiger partial charge in [-0.15, -0.1) is 0 Å². The van der Waals surface area contributed by atoms with Gasteiger partial charge >= 0.3 is 156 Å². The zero-order chi connectivity index (χ0) is 18.5. The van der Waals surface area contributed by atoms with E-state index in [0.29, 0.717) is 38.0 Å². The van der Waals surface area contributed by atoms with E-state index in [4.69, 9.17) is 23.2 Å². The fourth-order valence-electron chi connectivity index (χ4n) is 2.05. The Morgan fingerprint density at radius 1 is 0.800 bits per heavy atom. The van der Waals surface area contributed by atoms with Gasteiger partial charge in [-0.2, -0.15) is 0 Å². The molecule has 0 aliphatic carbocycles. The molecule has 0 bridgehead atoms. The quantitative estimate of drug-likeness (QED) is 0.281. The summed E-state index contributed by atoms with van der Waals surface area (Å²) < 4.78 is 64.3. The Bertz CT molecular complexity index is 955. The van der Waals surface area contributed by atoms with E-state index in [1.165, 1.54) is 0 Å². The van der Waals surface area contributed by atoms with Gasteiger partial charge < -0.3 is 0 Å².